The highest BCUT2D eigenvalue weighted by Gasteiger charge is 2.11. The fourth-order valence-corrected chi connectivity index (χ4v) is 2.36. The van der Waals surface area contributed by atoms with E-state index in [1.54, 1.807) is 24.3 Å². The quantitative estimate of drug-likeness (QED) is 0.731. The summed E-state index contributed by atoms with van der Waals surface area (Å²) in [6, 6.07) is 14.8. The van der Waals surface area contributed by atoms with E-state index in [-0.39, 0.29) is 18.6 Å². The van der Waals surface area contributed by atoms with Gasteiger partial charge in [0.15, 0.2) is 0 Å². The van der Waals surface area contributed by atoms with Gasteiger partial charge in [0.05, 0.1) is 12.6 Å². The molecule has 3 rings (SSSR count). The third kappa shape index (κ3) is 4.47. The molecule has 0 unspecified atom stereocenters. The van der Waals surface area contributed by atoms with Crippen LogP contribution in [0.3, 0.4) is 0 Å². The highest BCUT2D eigenvalue weighted by atomic mass is 16.5. The molecule has 0 radical (unpaired) electrons. The van der Waals surface area contributed by atoms with Crippen LogP contribution in [0.25, 0.3) is 11.4 Å². The second-order valence-electron chi connectivity index (χ2n) is 6.25. The van der Waals surface area contributed by atoms with Crippen LogP contribution in [0.1, 0.15) is 35.7 Å². The molecule has 6 heteroatoms. The SMILES string of the molecule is Cc1ccc(-c2noc(CNC(=O)c3ccc(OC(C)C)cc3)n2)cc1. The van der Waals surface area contributed by atoms with E-state index in [2.05, 4.69) is 15.5 Å². The summed E-state index contributed by atoms with van der Waals surface area (Å²) < 4.78 is 10.8. The molecule has 0 fully saturated rings. The molecular formula is C20H21N3O3. The molecule has 0 atom stereocenters. The van der Waals surface area contributed by atoms with E-state index >= 15 is 0 Å². The minimum Gasteiger partial charge on any atom is -0.491 e. The first-order valence-electron chi connectivity index (χ1n) is 8.46. The lowest BCUT2D eigenvalue weighted by Crippen LogP contribution is -2.22. The molecule has 6 nitrogen and oxygen atoms in total. The van der Waals surface area contributed by atoms with Crippen LogP contribution in [0.4, 0.5) is 0 Å². The van der Waals surface area contributed by atoms with Crippen LogP contribution < -0.4 is 10.1 Å². The van der Waals surface area contributed by atoms with E-state index in [4.69, 9.17) is 9.26 Å². The van der Waals surface area contributed by atoms with Crippen molar-refractivity contribution in [2.45, 2.75) is 33.4 Å². The summed E-state index contributed by atoms with van der Waals surface area (Å²) in [6.45, 7) is 6.09. The molecule has 0 aliphatic carbocycles. The monoisotopic (exact) mass is 351 g/mol. The zero-order chi connectivity index (χ0) is 18.5. The molecule has 1 amide bonds. The van der Waals surface area contributed by atoms with E-state index in [1.165, 1.54) is 0 Å². The van der Waals surface area contributed by atoms with Crippen molar-refractivity contribution in [3.63, 3.8) is 0 Å². The molecular weight excluding hydrogens is 330 g/mol. The molecule has 1 heterocycles. The van der Waals surface area contributed by atoms with Gasteiger partial charge in [-0.25, -0.2) is 0 Å². The maximum Gasteiger partial charge on any atom is 0.251 e. The summed E-state index contributed by atoms with van der Waals surface area (Å²) in [4.78, 5) is 16.5. The number of carbonyl (C=O) groups is 1. The fourth-order valence-electron chi connectivity index (χ4n) is 2.36. The van der Waals surface area contributed by atoms with Crippen molar-refractivity contribution in [2.24, 2.45) is 0 Å². The van der Waals surface area contributed by atoms with E-state index in [1.807, 2.05) is 45.0 Å². The Morgan fingerprint density at radius 2 is 1.81 bits per heavy atom. The van der Waals surface area contributed by atoms with Crippen LogP contribution in [0.2, 0.25) is 0 Å². The standard InChI is InChI=1S/C20H21N3O3/c1-13(2)25-17-10-8-16(9-11-17)20(24)21-12-18-22-19(23-26-18)15-6-4-14(3)5-7-15/h4-11,13H,12H2,1-3H3,(H,21,24). The smallest absolute Gasteiger partial charge is 0.251 e. The van der Waals surface area contributed by atoms with Crippen molar-refractivity contribution >= 4 is 5.91 Å². The number of aromatic nitrogens is 2. The Kier molecular flexibility index (Phi) is 5.31. The highest BCUT2D eigenvalue weighted by Crippen LogP contribution is 2.17. The van der Waals surface area contributed by atoms with Gasteiger partial charge in [-0.1, -0.05) is 35.0 Å². The molecule has 0 saturated heterocycles. The Morgan fingerprint density at radius 1 is 1.12 bits per heavy atom. The first-order valence-corrected chi connectivity index (χ1v) is 8.46. The second-order valence-corrected chi connectivity index (χ2v) is 6.25. The zero-order valence-corrected chi connectivity index (χ0v) is 15.0. The molecule has 0 bridgehead atoms. The number of amides is 1. The second kappa shape index (κ2) is 7.82. The molecule has 0 aliphatic rings. The number of aryl methyl sites for hydroxylation is 1. The van der Waals surface area contributed by atoms with Gasteiger partial charge in [-0.2, -0.15) is 4.98 Å². The Hall–Kier alpha value is -3.15. The maximum absolute atomic E-state index is 12.2. The zero-order valence-electron chi connectivity index (χ0n) is 15.0. The third-order valence-electron chi connectivity index (χ3n) is 3.67. The molecule has 3 aromatic rings. The summed E-state index contributed by atoms with van der Waals surface area (Å²) in [7, 11) is 0. The highest BCUT2D eigenvalue weighted by molar-refractivity contribution is 5.94. The topological polar surface area (TPSA) is 77.2 Å². The predicted molar refractivity (Wildman–Crippen MR) is 97.8 cm³/mol. The van der Waals surface area contributed by atoms with Crippen molar-refractivity contribution in [3.05, 3.63) is 65.5 Å². The first-order chi connectivity index (χ1) is 12.5. The van der Waals surface area contributed by atoms with Gasteiger partial charge in [0.1, 0.15) is 5.75 Å². The Labute approximate surface area is 152 Å². The summed E-state index contributed by atoms with van der Waals surface area (Å²) in [6.07, 6.45) is 0.0925. The first kappa shape index (κ1) is 17.7. The van der Waals surface area contributed by atoms with Gasteiger partial charge in [-0.15, -0.1) is 0 Å². The maximum atomic E-state index is 12.2. The van der Waals surface area contributed by atoms with E-state index in [0.29, 0.717) is 17.3 Å². The van der Waals surface area contributed by atoms with Gasteiger partial charge in [-0.3, -0.25) is 4.79 Å². The van der Waals surface area contributed by atoms with E-state index in [9.17, 15) is 4.79 Å². The van der Waals surface area contributed by atoms with Crippen LogP contribution in [-0.2, 0) is 6.54 Å². The van der Waals surface area contributed by atoms with Crippen molar-refractivity contribution < 1.29 is 14.1 Å². The molecule has 0 aliphatic heterocycles. The lowest BCUT2D eigenvalue weighted by Gasteiger charge is -2.09. The average molecular weight is 351 g/mol. The lowest BCUT2D eigenvalue weighted by atomic mass is 10.1. The van der Waals surface area contributed by atoms with Crippen LogP contribution in [-0.4, -0.2) is 22.2 Å². The molecule has 1 N–H and O–H groups in total. The molecule has 134 valence electrons. The van der Waals surface area contributed by atoms with Gasteiger partial charge in [-0.05, 0) is 45.0 Å². The largest absolute Gasteiger partial charge is 0.491 e. The number of ether oxygens (including phenoxy) is 1. The van der Waals surface area contributed by atoms with Crippen molar-refractivity contribution in [1.82, 2.24) is 15.5 Å². The molecule has 26 heavy (non-hydrogen) atoms. The molecule has 2 aromatic carbocycles. The van der Waals surface area contributed by atoms with E-state index < -0.39 is 0 Å². The number of nitrogens with one attached hydrogen (secondary N) is 1. The Morgan fingerprint density at radius 3 is 2.46 bits per heavy atom. The Balaban J connectivity index is 1.58. The summed E-state index contributed by atoms with van der Waals surface area (Å²) in [5.41, 5.74) is 2.58. The van der Waals surface area contributed by atoms with Crippen LogP contribution >= 0.6 is 0 Å². The molecule has 0 spiro atoms. The predicted octanol–water partition coefficient (Wildman–Crippen LogP) is 3.76. The van der Waals surface area contributed by atoms with Crippen molar-refractivity contribution in [3.8, 4) is 17.1 Å². The number of hydrogen-bond donors (Lipinski definition) is 1. The lowest BCUT2D eigenvalue weighted by molar-refractivity contribution is 0.0946. The normalized spacial score (nSPS) is 10.8. The molecule has 0 saturated carbocycles. The van der Waals surface area contributed by atoms with E-state index in [0.717, 1.165) is 16.9 Å². The molecule has 1 aromatic heterocycles. The fraction of sp³-hybridized carbons (Fsp3) is 0.250. The number of nitrogens with zero attached hydrogens (tertiary/aromatic N) is 2. The van der Waals surface area contributed by atoms with Crippen LogP contribution in [0.5, 0.6) is 5.75 Å². The minimum absolute atomic E-state index is 0.0925. The van der Waals surface area contributed by atoms with Gasteiger partial charge in [0.25, 0.3) is 5.91 Å². The summed E-state index contributed by atoms with van der Waals surface area (Å²) >= 11 is 0. The van der Waals surface area contributed by atoms with Gasteiger partial charge < -0.3 is 14.6 Å². The minimum atomic E-state index is -0.212. The number of hydrogen-bond acceptors (Lipinski definition) is 5. The number of benzene rings is 2. The van der Waals surface area contributed by atoms with Gasteiger partial charge >= 0.3 is 0 Å². The van der Waals surface area contributed by atoms with Gasteiger partial charge in [0.2, 0.25) is 11.7 Å². The summed E-state index contributed by atoms with van der Waals surface area (Å²) in [5, 5.41) is 6.73. The third-order valence-corrected chi connectivity index (χ3v) is 3.67. The Bertz CT molecular complexity index is 868. The van der Waals surface area contributed by atoms with Crippen LogP contribution in [0, 0.1) is 6.92 Å². The van der Waals surface area contributed by atoms with Crippen LogP contribution in [0.15, 0.2) is 53.1 Å². The number of carbonyl (C=O) groups excluding carboxylic acids is 1. The van der Waals surface area contributed by atoms with Gasteiger partial charge in [0, 0.05) is 11.1 Å². The average Bonchev–Trinajstić information content (AvgIpc) is 3.09. The van der Waals surface area contributed by atoms with Crippen molar-refractivity contribution in [1.29, 1.82) is 0 Å². The number of rotatable bonds is 6. The van der Waals surface area contributed by atoms with Crippen molar-refractivity contribution in [2.75, 3.05) is 0 Å². The summed E-state index contributed by atoms with van der Waals surface area (Å²) in [5.74, 6) is 1.38.